The van der Waals surface area contributed by atoms with Crippen LogP contribution in [0, 0.1) is 5.82 Å². The van der Waals surface area contributed by atoms with Crippen molar-refractivity contribution in [3.63, 3.8) is 0 Å². The average molecular weight is 266 g/mol. The van der Waals surface area contributed by atoms with Crippen LogP contribution >= 0.6 is 0 Å². The van der Waals surface area contributed by atoms with E-state index in [0.717, 1.165) is 25.6 Å². The number of nitrogens with zero attached hydrogens (tertiary/aromatic N) is 1. The topological polar surface area (TPSA) is 38.5 Å². The van der Waals surface area contributed by atoms with Crippen LogP contribution in [0.15, 0.2) is 18.2 Å². The predicted octanol–water partition coefficient (Wildman–Crippen LogP) is 2.71. The van der Waals surface area contributed by atoms with Crippen LogP contribution in [0.3, 0.4) is 0 Å². The summed E-state index contributed by atoms with van der Waals surface area (Å²) in [7, 11) is 1.55. The maximum Gasteiger partial charge on any atom is 0.131 e. The summed E-state index contributed by atoms with van der Waals surface area (Å²) in [5.74, 6) is 0.267. The highest BCUT2D eigenvalue weighted by Crippen LogP contribution is 2.30. The van der Waals surface area contributed by atoms with Crippen molar-refractivity contribution in [3.8, 4) is 5.75 Å². The molecule has 1 aromatic rings. The maximum absolute atomic E-state index is 13.9. The molecule has 106 valence electrons. The third-order valence-electron chi connectivity index (χ3n) is 3.80. The van der Waals surface area contributed by atoms with Gasteiger partial charge in [0.15, 0.2) is 0 Å². The second-order valence-corrected chi connectivity index (χ2v) is 5.11. The lowest BCUT2D eigenvalue weighted by molar-refractivity contribution is 0.264. The van der Waals surface area contributed by atoms with Crippen LogP contribution in [-0.2, 0) is 0 Å². The van der Waals surface area contributed by atoms with Crippen molar-refractivity contribution < 1.29 is 9.13 Å². The fourth-order valence-electron chi connectivity index (χ4n) is 2.54. The van der Waals surface area contributed by atoms with Gasteiger partial charge in [-0.25, -0.2) is 4.39 Å². The van der Waals surface area contributed by atoms with Crippen LogP contribution in [0.25, 0.3) is 0 Å². The number of hydrogen-bond acceptors (Lipinski definition) is 3. The lowest BCUT2D eigenvalue weighted by Gasteiger charge is -2.23. The normalized spacial score (nSPS) is 16.7. The zero-order valence-corrected chi connectivity index (χ0v) is 11.7. The Bertz CT molecular complexity index is 421. The molecule has 1 aromatic carbocycles. The fraction of sp³-hybridized carbons (Fsp3) is 0.600. The SMILES string of the molecule is CCN(CCC(N)c1c(F)cccc1OC)C1CC1. The van der Waals surface area contributed by atoms with Gasteiger partial charge in [0, 0.05) is 24.2 Å². The standard InChI is InChI=1S/C15H23FN2O/c1-3-18(11-7-8-11)10-9-13(17)15-12(16)5-4-6-14(15)19-2/h4-6,11,13H,3,7-10,17H2,1-2H3. The lowest BCUT2D eigenvalue weighted by Crippen LogP contribution is -2.29. The van der Waals surface area contributed by atoms with Crippen molar-refractivity contribution in [2.45, 2.75) is 38.3 Å². The Hall–Kier alpha value is -1.13. The summed E-state index contributed by atoms with van der Waals surface area (Å²) in [6.45, 7) is 4.11. The highest BCUT2D eigenvalue weighted by molar-refractivity contribution is 5.37. The van der Waals surface area contributed by atoms with Gasteiger partial charge < -0.3 is 15.4 Å². The van der Waals surface area contributed by atoms with E-state index >= 15 is 0 Å². The summed E-state index contributed by atoms with van der Waals surface area (Å²) in [6, 6.07) is 5.25. The molecule has 0 radical (unpaired) electrons. The smallest absolute Gasteiger partial charge is 0.131 e. The Balaban J connectivity index is 2.00. The molecule has 3 nitrogen and oxygen atoms in total. The first-order valence-electron chi connectivity index (χ1n) is 6.99. The molecule has 1 atom stereocenters. The van der Waals surface area contributed by atoms with Crippen LogP contribution in [0.4, 0.5) is 4.39 Å². The zero-order chi connectivity index (χ0) is 13.8. The van der Waals surface area contributed by atoms with Gasteiger partial charge in [-0.15, -0.1) is 0 Å². The van der Waals surface area contributed by atoms with Crippen molar-refractivity contribution in [2.75, 3.05) is 20.2 Å². The zero-order valence-electron chi connectivity index (χ0n) is 11.7. The molecule has 0 amide bonds. The third-order valence-corrected chi connectivity index (χ3v) is 3.80. The van der Waals surface area contributed by atoms with Crippen molar-refractivity contribution in [3.05, 3.63) is 29.6 Å². The van der Waals surface area contributed by atoms with E-state index in [2.05, 4.69) is 11.8 Å². The Kier molecular flexibility index (Phi) is 4.77. The van der Waals surface area contributed by atoms with Crippen LogP contribution in [0.2, 0.25) is 0 Å². The van der Waals surface area contributed by atoms with E-state index < -0.39 is 0 Å². The van der Waals surface area contributed by atoms with Gasteiger partial charge in [0.1, 0.15) is 11.6 Å². The third kappa shape index (κ3) is 3.45. The summed E-state index contributed by atoms with van der Waals surface area (Å²) >= 11 is 0. The Morgan fingerprint density at radius 2 is 2.21 bits per heavy atom. The molecule has 0 aliphatic heterocycles. The van der Waals surface area contributed by atoms with E-state index in [-0.39, 0.29) is 11.9 Å². The first kappa shape index (κ1) is 14.3. The Morgan fingerprint density at radius 3 is 2.79 bits per heavy atom. The number of rotatable bonds is 7. The quantitative estimate of drug-likeness (QED) is 0.824. The first-order chi connectivity index (χ1) is 9.17. The van der Waals surface area contributed by atoms with Gasteiger partial charge in [0.05, 0.1) is 7.11 Å². The van der Waals surface area contributed by atoms with E-state index in [4.69, 9.17) is 10.5 Å². The van der Waals surface area contributed by atoms with E-state index in [9.17, 15) is 4.39 Å². The average Bonchev–Trinajstić information content (AvgIpc) is 3.23. The van der Waals surface area contributed by atoms with Gasteiger partial charge >= 0.3 is 0 Å². The molecule has 0 aromatic heterocycles. The Morgan fingerprint density at radius 1 is 1.47 bits per heavy atom. The highest BCUT2D eigenvalue weighted by atomic mass is 19.1. The summed E-state index contributed by atoms with van der Waals surface area (Å²) in [4.78, 5) is 2.42. The number of benzene rings is 1. The predicted molar refractivity (Wildman–Crippen MR) is 74.8 cm³/mol. The van der Waals surface area contributed by atoms with Gasteiger partial charge in [-0.05, 0) is 37.9 Å². The number of ether oxygens (including phenoxy) is 1. The maximum atomic E-state index is 13.9. The van der Waals surface area contributed by atoms with Gasteiger partial charge in [-0.1, -0.05) is 13.0 Å². The van der Waals surface area contributed by atoms with Crippen LogP contribution in [-0.4, -0.2) is 31.1 Å². The van der Waals surface area contributed by atoms with E-state index in [1.807, 2.05) is 0 Å². The summed E-state index contributed by atoms with van der Waals surface area (Å²) in [5, 5.41) is 0. The van der Waals surface area contributed by atoms with Crippen LogP contribution in [0.1, 0.15) is 37.8 Å². The number of nitrogens with two attached hydrogens (primary N) is 1. The first-order valence-corrected chi connectivity index (χ1v) is 6.99. The number of hydrogen-bond donors (Lipinski definition) is 1. The fourth-order valence-corrected chi connectivity index (χ4v) is 2.54. The van der Waals surface area contributed by atoms with Gasteiger partial charge in [0.2, 0.25) is 0 Å². The van der Waals surface area contributed by atoms with Gasteiger partial charge in [-0.3, -0.25) is 0 Å². The van der Waals surface area contributed by atoms with Crippen molar-refractivity contribution >= 4 is 0 Å². The molecule has 0 heterocycles. The summed E-state index contributed by atoms with van der Waals surface area (Å²) < 4.78 is 19.1. The van der Waals surface area contributed by atoms with Crippen molar-refractivity contribution in [2.24, 2.45) is 5.73 Å². The largest absolute Gasteiger partial charge is 0.496 e. The monoisotopic (exact) mass is 266 g/mol. The second kappa shape index (κ2) is 6.35. The van der Waals surface area contributed by atoms with Crippen molar-refractivity contribution in [1.29, 1.82) is 0 Å². The minimum Gasteiger partial charge on any atom is -0.496 e. The molecule has 2 rings (SSSR count). The van der Waals surface area contributed by atoms with Crippen molar-refractivity contribution in [1.82, 2.24) is 4.90 Å². The number of methoxy groups -OCH3 is 1. The molecule has 0 bridgehead atoms. The molecule has 2 N–H and O–H groups in total. The van der Waals surface area contributed by atoms with E-state index in [0.29, 0.717) is 11.3 Å². The van der Waals surface area contributed by atoms with Crippen LogP contribution < -0.4 is 10.5 Å². The molecule has 1 aliphatic carbocycles. The molecule has 1 unspecified atom stereocenters. The lowest BCUT2D eigenvalue weighted by atomic mass is 10.0. The molecule has 4 heteroatoms. The highest BCUT2D eigenvalue weighted by Gasteiger charge is 2.28. The minimum absolute atomic E-state index is 0.277. The van der Waals surface area contributed by atoms with E-state index in [1.54, 1.807) is 19.2 Å². The number of halogens is 1. The molecule has 1 fully saturated rings. The van der Waals surface area contributed by atoms with Gasteiger partial charge in [0.25, 0.3) is 0 Å². The second-order valence-electron chi connectivity index (χ2n) is 5.11. The molecular formula is C15H23FN2O. The molecule has 1 aliphatic rings. The Labute approximate surface area is 114 Å². The molecule has 0 spiro atoms. The molecule has 19 heavy (non-hydrogen) atoms. The minimum atomic E-state index is -0.316. The van der Waals surface area contributed by atoms with Gasteiger partial charge in [-0.2, -0.15) is 0 Å². The molecule has 0 saturated heterocycles. The van der Waals surface area contributed by atoms with Crippen LogP contribution in [0.5, 0.6) is 5.75 Å². The van der Waals surface area contributed by atoms with E-state index in [1.165, 1.54) is 18.9 Å². The molecular weight excluding hydrogens is 243 g/mol. The summed E-state index contributed by atoms with van der Waals surface area (Å²) in [5.41, 5.74) is 6.65. The summed E-state index contributed by atoms with van der Waals surface area (Å²) in [6.07, 6.45) is 3.32. The molecule has 1 saturated carbocycles.